The predicted molar refractivity (Wildman–Crippen MR) is 150 cm³/mol. The number of fused-ring (bicyclic) bond motifs is 5. The topological polar surface area (TPSA) is 161 Å². The zero-order valence-corrected chi connectivity index (χ0v) is 21.6. The highest BCUT2D eigenvalue weighted by Gasteiger charge is 2.29. The Morgan fingerprint density at radius 3 is 1.93 bits per heavy atom. The number of aromatic hydroxyl groups is 2. The second-order valence-corrected chi connectivity index (χ2v) is 9.99. The van der Waals surface area contributed by atoms with Crippen molar-refractivity contribution >= 4 is 21.9 Å². The standard InChI is InChI=1S/C32H20O10/c33-23-5-1-3-19-16(13-26(35)40-29(19)23)9-15-7-8-25-21(10-15)28-22(32(38)39-25)12-18(31(37)42-28)11-17-14-27(36)41-30-20(17)4-2-6-24(30)34/h1-8,10,12-14,32-34,38H,9,11H2. The average Bonchev–Trinajstić information content (AvgIpc) is 2.95. The lowest BCUT2D eigenvalue weighted by atomic mass is 9.95. The van der Waals surface area contributed by atoms with Gasteiger partial charge in [-0.1, -0.05) is 30.3 Å². The summed E-state index contributed by atoms with van der Waals surface area (Å²) in [4.78, 5) is 37.5. The summed E-state index contributed by atoms with van der Waals surface area (Å²) in [6.07, 6.45) is -1.17. The third-order valence-electron chi connectivity index (χ3n) is 7.29. The lowest BCUT2D eigenvalue weighted by Crippen LogP contribution is -2.19. The second kappa shape index (κ2) is 9.50. The Labute approximate surface area is 234 Å². The van der Waals surface area contributed by atoms with E-state index in [0.29, 0.717) is 33.2 Å². The van der Waals surface area contributed by atoms with Gasteiger partial charge < -0.3 is 33.3 Å². The van der Waals surface area contributed by atoms with Crippen LogP contribution >= 0.6 is 0 Å². The summed E-state index contributed by atoms with van der Waals surface area (Å²) < 4.78 is 21.8. The van der Waals surface area contributed by atoms with Gasteiger partial charge in [0.05, 0.1) is 11.1 Å². The number of para-hydroxylation sites is 2. The summed E-state index contributed by atoms with van der Waals surface area (Å²) in [5.74, 6) is 0.0738. The van der Waals surface area contributed by atoms with Crippen molar-refractivity contribution in [2.45, 2.75) is 19.1 Å². The highest BCUT2D eigenvalue weighted by Crippen LogP contribution is 2.42. The summed E-state index contributed by atoms with van der Waals surface area (Å²) in [6.45, 7) is 0. The monoisotopic (exact) mass is 564 g/mol. The number of phenols is 2. The van der Waals surface area contributed by atoms with Crippen molar-refractivity contribution in [2.75, 3.05) is 0 Å². The van der Waals surface area contributed by atoms with Crippen molar-refractivity contribution in [2.24, 2.45) is 0 Å². The maximum Gasteiger partial charge on any atom is 0.339 e. The minimum Gasteiger partial charge on any atom is -0.504 e. The van der Waals surface area contributed by atoms with Gasteiger partial charge in [-0.2, -0.15) is 0 Å². The number of hydrogen-bond acceptors (Lipinski definition) is 10. The number of aliphatic hydroxyl groups is 1. The summed E-state index contributed by atoms with van der Waals surface area (Å²) in [5.41, 5.74) is 0.735. The molecule has 0 saturated heterocycles. The van der Waals surface area contributed by atoms with E-state index < -0.39 is 23.2 Å². The van der Waals surface area contributed by atoms with Gasteiger partial charge in [0.2, 0.25) is 6.29 Å². The minimum atomic E-state index is -1.42. The first-order valence-electron chi connectivity index (χ1n) is 12.9. The first-order chi connectivity index (χ1) is 20.2. The molecule has 0 bridgehead atoms. The lowest BCUT2D eigenvalue weighted by molar-refractivity contribution is -0.0232. The van der Waals surface area contributed by atoms with Gasteiger partial charge in [-0.3, -0.25) is 0 Å². The molecule has 0 spiro atoms. The lowest BCUT2D eigenvalue weighted by Gasteiger charge is -2.24. The van der Waals surface area contributed by atoms with E-state index in [1.165, 1.54) is 30.3 Å². The smallest absolute Gasteiger partial charge is 0.339 e. The Hall–Kier alpha value is -5.61. The Bertz CT molecular complexity index is 2240. The number of hydrogen-bond donors (Lipinski definition) is 3. The van der Waals surface area contributed by atoms with Gasteiger partial charge in [0.1, 0.15) is 5.75 Å². The number of aliphatic hydroxyl groups excluding tert-OH is 1. The highest BCUT2D eigenvalue weighted by molar-refractivity contribution is 5.86. The van der Waals surface area contributed by atoms with Crippen LogP contribution in [-0.2, 0) is 12.8 Å². The number of benzene rings is 3. The van der Waals surface area contributed by atoms with Crippen molar-refractivity contribution < 1.29 is 33.3 Å². The van der Waals surface area contributed by atoms with Gasteiger partial charge in [-0.05, 0) is 53.4 Å². The summed E-state index contributed by atoms with van der Waals surface area (Å²) >= 11 is 0. The average molecular weight is 565 g/mol. The van der Waals surface area contributed by atoms with Crippen LogP contribution < -0.4 is 21.6 Å². The van der Waals surface area contributed by atoms with E-state index in [1.807, 2.05) is 0 Å². The van der Waals surface area contributed by atoms with Gasteiger partial charge >= 0.3 is 16.9 Å². The van der Waals surface area contributed by atoms with E-state index in [2.05, 4.69) is 0 Å². The summed E-state index contributed by atoms with van der Waals surface area (Å²) in [5, 5.41) is 32.1. The highest BCUT2D eigenvalue weighted by atomic mass is 16.6. The molecule has 42 heavy (non-hydrogen) atoms. The molecule has 0 fully saturated rings. The Morgan fingerprint density at radius 1 is 0.667 bits per heavy atom. The maximum atomic E-state index is 13.2. The van der Waals surface area contributed by atoms with Gasteiger partial charge in [-0.15, -0.1) is 0 Å². The van der Waals surface area contributed by atoms with Crippen LogP contribution in [0.2, 0.25) is 0 Å². The Kier molecular flexibility index (Phi) is 5.73. The minimum absolute atomic E-state index is 0.00588. The molecule has 1 atom stereocenters. The van der Waals surface area contributed by atoms with Crippen LogP contribution in [-0.4, -0.2) is 15.3 Å². The first kappa shape index (κ1) is 25.4. The van der Waals surface area contributed by atoms with E-state index in [9.17, 15) is 29.7 Å². The molecule has 10 heteroatoms. The molecule has 0 aliphatic carbocycles. The summed E-state index contributed by atoms with van der Waals surface area (Å²) in [7, 11) is 0. The molecule has 6 aromatic rings. The predicted octanol–water partition coefficient (Wildman–Crippen LogP) is 4.50. The molecule has 1 unspecified atom stereocenters. The molecule has 3 aromatic heterocycles. The van der Waals surface area contributed by atoms with E-state index in [-0.39, 0.29) is 52.4 Å². The third kappa shape index (κ3) is 4.21. The first-order valence-corrected chi connectivity index (χ1v) is 12.9. The van der Waals surface area contributed by atoms with Crippen molar-refractivity contribution in [1.29, 1.82) is 0 Å². The van der Waals surface area contributed by atoms with Crippen molar-refractivity contribution in [3.63, 3.8) is 0 Å². The molecular formula is C32H20O10. The molecule has 10 nitrogen and oxygen atoms in total. The van der Waals surface area contributed by atoms with Crippen LogP contribution in [0.25, 0.3) is 33.3 Å². The van der Waals surface area contributed by atoms with E-state index in [4.69, 9.17) is 18.0 Å². The fourth-order valence-electron chi connectivity index (χ4n) is 5.39. The van der Waals surface area contributed by atoms with Gasteiger partial charge in [0.15, 0.2) is 28.4 Å². The van der Waals surface area contributed by atoms with Crippen LogP contribution in [0.5, 0.6) is 17.2 Å². The molecule has 1 aliphatic rings. The SMILES string of the molecule is O=c1cc(Cc2ccc3c(c2)-c2oc(=O)c(Cc4cc(=O)oc5c(O)cccc45)cc2C(O)O3)c2cccc(O)c2o1. The van der Waals surface area contributed by atoms with Gasteiger partial charge in [-0.25, -0.2) is 14.4 Å². The Morgan fingerprint density at radius 2 is 1.29 bits per heavy atom. The second-order valence-electron chi connectivity index (χ2n) is 9.99. The summed E-state index contributed by atoms with van der Waals surface area (Å²) in [6, 6.07) is 18.7. The number of ether oxygens (including phenoxy) is 1. The molecular weight excluding hydrogens is 544 g/mol. The molecule has 7 rings (SSSR count). The molecule has 3 N–H and O–H groups in total. The molecule has 208 valence electrons. The Balaban J connectivity index is 1.29. The quantitative estimate of drug-likeness (QED) is 0.260. The van der Waals surface area contributed by atoms with Crippen molar-refractivity contribution in [3.05, 3.63) is 132 Å². The fraction of sp³-hybridized carbons (Fsp3) is 0.0938. The van der Waals surface area contributed by atoms with Gasteiger partial charge in [0.25, 0.3) is 0 Å². The van der Waals surface area contributed by atoms with Crippen LogP contribution in [0.15, 0.2) is 100 Å². The van der Waals surface area contributed by atoms with E-state index in [0.717, 1.165) is 5.56 Å². The third-order valence-corrected chi connectivity index (χ3v) is 7.29. The van der Waals surface area contributed by atoms with E-state index >= 15 is 0 Å². The zero-order valence-electron chi connectivity index (χ0n) is 21.6. The molecule has 0 amide bonds. The fourth-order valence-corrected chi connectivity index (χ4v) is 5.39. The van der Waals surface area contributed by atoms with Gasteiger partial charge in [0, 0.05) is 34.9 Å². The van der Waals surface area contributed by atoms with E-state index in [1.54, 1.807) is 42.5 Å². The molecule has 1 aliphatic heterocycles. The normalized spacial score (nSPS) is 14.0. The van der Waals surface area contributed by atoms with Crippen molar-refractivity contribution in [1.82, 2.24) is 0 Å². The number of phenolic OH excluding ortho intramolecular Hbond substituents is 2. The van der Waals surface area contributed by atoms with Crippen LogP contribution in [0.4, 0.5) is 0 Å². The largest absolute Gasteiger partial charge is 0.504 e. The zero-order chi connectivity index (χ0) is 29.1. The molecule has 4 heterocycles. The number of rotatable bonds is 4. The molecule has 0 radical (unpaired) electrons. The van der Waals surface area contributed by atoms with Crippen molar-refractivity contribution in [3.8, 4) is 28.6 Å². The van der Waals surface area contributed by atoms with Crippen LogP contribution in [0, 0.1) is 0 Å². The molecule has 3 aromatic carbocycles. The maximum absolute atomic E-state index is 13.2. The van der Waals surface area contributed by atoms with Crippen LogP contribution in [0.1, 0.15) is 34.1 Å². The van der Waals surface area contributed by atoms with Crippen LogP contribution in [0.3, 0.4) is 0 Å². The molecule has 0 saturated carbocycles.